The highest BCUT2D eigenvalue weighted by molar-refractivity contribution is 6.44. The quantitative estimate of drug-likeness (QED) is 0.0881. The normalized spacial score (nSPS) is 11.0. The number of hydrazine groups is 1. The van der Waals surface area contributed by atoms with Crippen molar-refractivity contribution >= 4 is 34.9 Å². The zero-order valence-electron chi connectivity index (χ0n) is 19.4. The number of para-hydroxylation sites is 2. The Morgan fingerprint density at radius 2 is 1.36 bits per heavy atom. The average Bonchev–Trinajstić information content (AvgIpc) is 2.92. The highest BCUT2D eigenvalue weighted by Crippen LogP contribution is 2.29. The van der Waals surface area contributed by atoms with Gasteiger partial charge in [-0.1, -0.05) is 42.5 Å². The molecular formula is C25H24N4O7. The van der Waals surface area contributed by atoms with E-state index in [0.29, 0.717) is 5.75 Å². The third-order valence-electron chi connectivity index (χ3n) is 4.92. The topological polar surface area (TPSA) is 158 Å². The maximum absolute atomic E-state index is 12.9. The van der Waals surface area contributed by atoms with Crippen LogP contribution in [-0.2, 0) is 14.4 Å². The van der Waals surface area contributed by atoms with Crippen molar-refractivity contribution in [1.82, 2.24) is 5.43 Å². The minimum atomic E-state index is -1.65. The standard InChI is InChI=1S/C25H24N4O7/c1-34-16-12-13-18(20(14-16)35-2)28-25(33)24(32)27-17-10-6-7-11-19(17)36-22(23(31)29-26)21(30)15-8-4-3-5-9-15/h3-14,22H,26H2,1-2H3,(H,27,32)(H,28,33)(H,29,31). The van der Waals surface area contributed by atoms with Crippen molar-refractivity contribution in [3.8, 4) is 17.2 Å². The maximum atomic E-state index is 12.9. The Kier molecular flexibility index (Phi) is 8.57. The number of Topliss-reactive ketones (excluding diaryl/α,β-unsaturated/α-hetero) is 1. The molecule has 0 spiro atoms. The third-order valence-corrected chi connectivity index (χ3v) is 4.92. The van der Waals surface area contributed by atoms with Crippen LogP contribution in [0.1, 0.15) is 10.4 Å². The molecule has 0 aliphatic carbocycles. The molecule has 5 N–H and O–H groups in total. The average molecular weight is 492 g/mol. The number of nitrogens with two attached hydrogens (primary N) is 1. The molecule has 0 aliphatic rings. The number of methoxy groups -OCH3 is 2. The first-order valence-electron chi connectivity index (χ1n) is 10.6. The molecule has 186 valence electrons. The number of benzene rings is 3. The summed E-state index contributed by atoms with van der Waals surface area (Å²) in [5, 5.41) is 4.87. The number of anilines is 2. The highest BCUT2D eigenvalue weighted by Gasteiger charge is 2.30. The zero-order valence-corrected chi connectivity index (χ0v) is 19.4. The molecule has 0 saturated heterocycles. The Bertz CT molecular complexity index is 1260. The molecule has 0 radical (unpaired) electrons. The van der Waals surface area contributed by atoms with E-state index in [0.717, 1.165) is 0 Å². The Balaban J connectivity index is 1.78. The number of nitrogens with one attached hydrogen (secondary N) is 3. The van der Waals surface area contributed by atoms with Crippen LogP contribution in [0, 0.1) is 0 Å². The molecule has 0 bridgehead atoms. The number of hydrogen-bond acceptors (Lipinski definition) is 8. The lowest BCUT2D eigenvalue weighted by molar-refractivity contribution is -0.133. The summed E-state index contributed by atoms with van der Waals surface area (Å²) < 4.78 is 16.0. The van der Waals surface area contributed by atoms with Gasteiger partial charge in [0.25, 0.3) is 5.91 Å². The smallest absolute Gasteiger partial charge is 0.314 e. The molecule has 3 rings (SSSR count). The zero-order chi connectivity index (χ0) is 26.1. The van der Waals surface area contributed by atoms with Crippen LogP contribution in [0.5, 0.6) is 17.2 Å². The van der Waals surface area contributed by atoms with E-state index < -0.39 is 29.6 Å². The van der Waals surface area contributed by atoms with E-state index in [1.807, 2.05) is 5.43 Å². The fourth-order valence-electron chi connectivity index (χ4n) is 3.12. The molecule has 36 heavy (non-hydrogen) atoms. The van der Waals surface area contributed by atoms with Gasteiger partial charge in [0.15, 0.2) is 0 Å². The molecule has 1 atom stereocenters. The Hall–Kier alpha value is -4.90. The Morgan fingerprint density at radius 3 is 1.97 bits per heavy atom. The summed E-state index contributed by atoms with van der Waals surface area (Å²) >= 11 is 0. The van der Waals surface area contributed by atoms with Gasteiger partial charge in [-0.15, -0.1) is 0 Å². The summed E-state index contributed by atoms with van der Waals surface area (Å²) in [6.45, 7) is 0. The van der Waals surface area contributed by atoms with E-state index in [9.17, 15) is 19.2 Å². The number of carbonyl (C=O) groups is 4. The number of ketones is 1. The highest BCUT2D eigenvalue weighted by atomic mass is 16.5. The van der Waals surface area contributed by atoms with E-state index >= 15 is 0 Å². The van der Waals surface area contributed by atoms with Crippen molar-refractivity contribution in [1.29, 1.82) is 0 Å². The van der Waals surface area contributed by atoms with Crippen LogP contribution < -0.4 is 36.1 Å². The van der Waals surface area contributed by atoms with Crippen LogP contribution in [0.25, 0.3) is 0 Å². The molecule has 0 aliphatic heterocycles. The fraction of sp³-hybridized carbons (Fsp3) is 0.120. The Morgan fingerprint density at radius 1 is 0.750 bits per heavy atom. The van der Waals surface area contributed by atoms with Crippen LogP contribution in [0.2, 0.25) is 0 Å². The number of carbonyl (C=O) groups excluding carboxylic acids is 4. The van der Waals surface area contributed by atoms with Gasteiger partial charge in [-0.05, 0) is 24.3 Å². The van der Waals surface area contributed by atoms with Crippen molar-refractivity contribution in [2.45, 2.75) is 6.10 Å². The largest absolute Gasteiger partial charge is 0.497 e. The van der Waals surface area contributed by atoms with Gasteiger partial charge in [-0.3, -0.25) is 24.6 Å². The van der Waals surface area contributed by atoms with Crippen LogP contribution in [0.15, 0.2) is 72.8 Å². The number of ether oxygens (including phenoxy) is 3. The predicted molar refractivity (Wildman–Crippen MR) is 131 cm³/mol. The summed E-state index contributed by atoms with van der Waals surface area (Å²) in [5.74, 6) is 2.43. The fourth-order valence-corrected chi connectivity index (χ4v) is 3.12. The van der Waals surface area contributed by atoms with E-state index in [1.165, 1.54) is 44.6 Å². The molecule has 3 aromatic rings. The summed E-state index contributed by atoms with van der Waals surface area (Å²) in [6.07, 6.45) is -1.65. The minimum absolute atomic E-state index is 0.0291. The second kappa shape index (κ2) is 12.0. The second-order valence-corrected chi connectivity index (χ2v) is 7.21. The first-order valence-corrected chi connectivity index (χ1v) is 10.6. The molecule has 1 unspecified atom stereocenters. The van der Waals surface area contributed by atoms with Crippen molar-refractivity contribution < 1.29 is 33.4 Å². The molecule has 11 heteroatoms. The maximum Gasteiger partial charge on any atom is 0.314 e. The van der Waals surface area contributed by atoms with Crippen molar-refractivity contribution in [2.24, 2.45) is 5.84 Å². The van der Waals surface area contributed by atoms with Gasteiger partial charge >= 0.3 is 11.8 Å². The van der Waals surface area contributed by atoms with E-state index in [2.05, 4.69) is 10.6 Å². The molecule has 0 saturated carbocycles. The summed E-state index contributed by atoms with van der Waals surface area (Å²) in [5.41, 5.74) is 2.42. The predicted octanol–water partition coefficient (Wildman–Crippen LogP) is 1.90. The molecule has 0 heterocycles. The molecule has 3 aromatic carbocycles. The second-order valence-electron chi connectivity index (χ2n) is 7.21. The summed E-state index contributed by atoms with van der Waals surface area (Å²) in [4.78, 5) is 50.4. The van der Waals surface area contributed by atoms with Crippen molar-refractivity contribution in [2.75, 3.05) is 24.9 Å². The summed E-state index contributed by atoms with van der Waals surface area (Å²) in [6, 6.07) is 18.7. The number of rotatable bonds is 9. The van der Waals surface area contributed by atoms with Crippen molar-refractivity contribution in [3.05, 3.63) is 78.4 Å². The van der Waals surface area contributed by atoms with Gasteiger partial charge in [-0.25, -0.2) is 5.84 Å². The lowest BCUT2D eigenvalue weighted by Gasteiger charge is -2.19. The molecule has 0 aromatic heterocycles. The first-order chi connectivity index (χ1) is 17.4. The van der Waals surface area contributed by atoms with Gasteiger partial charge in [-0.2, -0.15) is 0 Å². The molecule has 11 nitrogen and oxygen atoms in total. The number of amides is 3. The van der Waals surface area contributed by atoms with E-state index in [4.69, 9.17) is 20.1 Å². The third kappa shape index (κ3) is 6.15. The summed E-state index contributed by atoms with van der Waals surface area (Å²) in [7, 11) is 2.89. The van der Waals surface area contributed by atoms with Gasteiger partial charge in [0.2, 0.25) is 11.9 Å². The molecule has 0 fully saturated rings. The SMILES string of the molecule is COc1ccc(NC(=O)C(=O)Nc2ccccc2OC(C(=O)NN)C(=O)c2ccccc2)c(OC)c1. The van der Waals surface area contributed by atoms with Crippen molar-refractivity contribution in [3.63, 3.8) is 0 Å². The van der Waals surface area contributed by atoms with Crippen LogP contribution in [0.3, 0.4) is 0 Å². The Labute approximate surface area is 206 Å². The van der Waals surface area contributed by atoms with E-state index in [1.54, 1.807) is 42.5 Å². The number of hydrogen-bond donors (Lipinski definition) is 4. The minimum Gasteiger partial charge on any atom is -0.497 e. The van der Waals surface area contributed by atoms with Gasteiger partial charge < -0.3 is 24.8 Å². The van der Waals surface area contributed by atoms with Crippen LogP contribution >= 0.6 is 0 Å². The lowest BCUT2D eigenvalue weighted by atomic mass is 10.1. The monoisotopic (exact) mass is 492 g/mol. The van der Waals surface area contributed by atoms with Crippen LogP contribution in [-0.4, -0.2) is 43.8 Å². The van der Waals surface area contributed by atoms with Crippen LogP contribution in [0.4, 0.5) is 11.4 Å². The lowest BCUT2D eigenvalue weighted by Crippen LogP contribution is -2.46. The van der Waals surface area contributed by atoms with E-state index in [-0.39, 0.29) is 28.4 Å². The first kappa shape index (κ1) is 25.7. The van der Waals surface area contributed by atoms with Gasteiger partial charge in [0, 0.05) is 11.6 Å². The van der Waals surface area contributed by atoms with Gasteiger partial charge in [0.05, 0.1) is 25.6 Å². The molecular weight excluding hydrogens is 468 g/mol. The molecule has 3 amide bonds. The van der Waals surface area contributed by atoms with Gasteiger partial charge in [0.1, 0.15) is 17.2 Å².